The quantitative estimate of drug-likeness (QED) is 0.741. The molecule has 1 aromatic heterocycles. The van der Waals surface area contributed by atoms with Crippen molar-refractivity contribution in [3.05, 3.63) is 20.8 Å². The summed E-state index contributed by atoms with van der Waals surface area (Å²) < 4.78 is 6.59. The fourth-order valence-corrected chi connectivity index (χ4v) is 2.66. The van der Waals surface area contributed by atoms with E-state index in [1.165, 1.54) is 8.66 Å². The molecular weight excluding hydrogens is 274 g/mol. The Balaban J connectivity index is 1.93. The van der Waals surface area contributed by atoms with Crippen LogP contribution in [0.3, 0.4) is 0 Å². The second kappa shape index (κ2) is 8.28. The molecule has 0 aliphatic heterocycles. The van der Waals surface area contributed by atoms with Crippen LogP contribution in [0, 0.1) is 0 Å². The molecule has 0 fully saturated rings. The van der Waals surface area contributed by atoms with E-state index in [1.54, 1.807) is 11.3 Å². The van der Waals surface area contributed by atoms with Gasteiger partial charge >= 0.3 is 0 Å². The topological polar surface area (TPSA) is 21.3 Å². The van der Waals surface area contributed by atoms with Gasteiger partial charge in [-0.05, 0) is 47.4 Å². The lowest BCUT2D eigenvalue weighted by molar-refractivity contribution is 0.132. The SMILES string of the molecule is CCCOCCCNCc1ccc(Br)s1. The lowest BCUT2D eigenvalue weighted by Crippen LogP contribution is -2.15. The van der Waals surface area contributed by atoms with E-state index in [0.29, 0.717) is 0 Å². The summed E-state index contributed by atoms with van der Waals surface area (Å²) in [7, 11) is 0. The molecule has 0 atom stereocenters. The van der Waals surface area contributed by atoms with Crippen molar-refractivity contribution in [2.45, 2.75) is 26.3 Å². The number of ether oxygens (including phenoxy) is 1. The Morgan fingerprint density at radius 3 is 2.93 bits per heavy atom. The number of halogens is 1. The smallest absolute Gasteiger partial charge is 0.0701 e. The molecule has 0 aromatic carbocycles. The monoisotopic (exact) mass is 291 g/mol. The van der Waals surface area contributed by atoms with Gasteiger partial charge in [-0.2, -0.15) is 0 Å². The summed E-state index contributed by atoms with van der Waals surface area (Å²) in [6, 6.07) is 4.24. The van der Waals surface area contributed by atoms with E-state index >= 15 is 0 Å². The highest BCUT2D eigenvalue weighted by molar-refractivity contribution is 9.11. The van der Waals surface area contributed by atoms with Crippen LogP contribution in [-0.4, -0.2) is 19.8 Å². The summed E-state index contributed by atoms with van der Waals surface area (Å²) in [5, 5.41) is 3.40. The van der Waals surface area contributed by atoms with Crippen LogP contribution >= 0.6 is 27.3 Å². The summed E-state index contributed by atoms with van der Waals surface area (Å²) in [6.07, 6.45) is 2.20. The zero-order valence-corrected chi connectivity index (χ0v) is 11.5. The van der Waals surface area contributed by atoms with Crippen LogP contribution < -0.4 is 5.32 Å². The third-order valence-corrected chi connectivity index (χ3v) is 3.54. The van der Waals surface area contributed by atoms with E-state index in [2.05, 4.69) is 40.3 Å². The molecule has 1 rings (SSSR count). The van der Waals surface area contributed by atoms with Gasteiger partial charge in [-0.15, -0.1) is 11.3 Å². The maximum atomic E-state index is 5.39. The predicted octanol–water partition coefficient (Wildman–Crippen LogP) is 3.42. The number of hydrogen-bond acceptors (Lipinski definition) is 3. The summed E-state index contributed by atoms with van der Waals surface area (Å²) in [5.74, 6) is 0. The van der Waals surface area contributed by atoms with E-state index in [-0.39, 0.29) is 0 Å². The van der Waals surface area contributed by atoms with Crippen LogP contribution in [0.15, 0.2) is 15.9 Å². The molecule has 15 heavy (non-hydrogen) atoms. The summed E-state index contributed by atoms with van der Waals surface area (Å²) in [6.45, 7) is 5.88. The highest BCUT2D eigenvalue weighted by Gasteiger charge is 1.96. The van der Waals surface area contributed by atoms with Gasteiger partial charge in [0.1, 0.15) is 0 Å². The number of hydrogen-bond donors (Lipinski definition) is 1. The third kappa shape index (κ3) is 6.30. The minimum absolute atomic E-state index is 0.870. The maximum absolute atomic E-state index is 5.39. The zero-order valence-electron chi connectivity index (χ0n) is 9.09. The van der Waals surface area contributed by atoms with Crippen molar-refractivity contribution in [1.29, 1.82) is 0 Å². The average Bonchev–Trinajstić information content (AvgIpc) is 2.63. The number of nitrogens with one attached hydrogen (secondary N) is 1. The molecule has 4 heteroatoms. The first-order valence-electron chi connectivity index (χ1n) is 5.35. The van der Waals surface area contributed by atoms with Crippen LogP contribution in [0.1, 0.15) is 24.6 Å². The van der Waals surface area contributed by atoms with Gasteiger partial charge in [-0.3, -0.25) is 0 Å². The highest BCUT2D eigenvalue weighted by atomic mass is 79.9. The van der Waals surface area contributed by atoms with Gasteiger partial charge in [-0.25, -0.2) is 0 Å². The van der Waals surface area contributed by atoms with Gasteiger partial charge in [0.2, 0.25) is 0 Å². The Kier molecular flexibility index (Phi) is 7.26. The molecule has 0 aliphatic rings. The molecule has 1 aromatic rings. The van der Waals surface area contributed by atoms with Crippen molar-refractivity contribution in [3.8, 4) is 0 Å². The van der Waals surface area contributed by atoms with Gasteiger partial charge in [0.05, 0.1) is 3.79 Å². The second-order valence-corrected chi connectivity index (χ2v) is 5.90. The average molecular weight is 292 g/mol. The van der Waals surface area contributed by atoms with Gasteiger partial charge in [0.25, 0.3) is 0 Å². The standard InChI is InChI=1S/C11H18BrNOS/c1-2-7-14-8-3-6-13-9-10-4-5-11(12)15-10/h4-5,13H,2-3,6-9H2,1H3. The number of rotatable bonds is 8. The summed E-state index contributed by atoms with van der Waals surface area (Å²) in [5.41, 5.74) is 0. The lowest BCUT2D eigenvalue weighted by atomic mass is 10.4. The lowest BCUT2D eigenvalue weighted by Gasteiger charge is -2.03. The van der Waals surface area contributed by atoms with E-state index in [1.807, 2.05) is 0 Å². The number of thiophene rings is 1. The van der Waals surface area contributed by atoms with Crippen molar-refractivity contribution in [2.75, 3.05) is 19.8 Å². The Labute approximate surface area is 104 Å². The molecule has 0 amide bonds. The Morgan fingerprint density at radius 2 is 2.27 bits per heavy atom. The first-order valence-corrected chi connectivity index (χ1v) is 6.96. The van der Waals surface area contributed by atoms with Gasteiger partial charge in [-0.1, -0.05) is 6.92 Å². The van der Waals surface area contributed by atoms with Crippen molar-refractivity contribution in [1.82, 2.24) is 5.32 Å². The van der Waals surface area contributed by atoms with Crippen molar-refractivity contribution < 1.29 is 4.74 Å². The molecule has 1 N–H and O–H groups in total. The van der Waals surface area contributed by atoms with Crippen LogP contribution in [-0.2, 0) is 11.3 Å². The predicted molar refractivity (Wildman–Crippen MR) is 69.5 cm³/mol. The van der Waals surface area contributed by atoms with E-state index in [0.717, 1.165) is 39.1 Å². The van der Waals surface area contributed by atoms with Crippen molar-refractivity contribution in [3.63, 3.8) is 0 Å². The molecule has 0 saturated carbocycles. The molecule has 0 bridgehead atoms. The summed E-state index contributed by atoms with van der Waals surface area (Å²) in [4.78, 5) is 1.37. The van der Waals surface area contributed by atoms with E-state index in [9.17, 15) is 0 Å². The van der Waals surface area contributed by atoms with Crippen molar-refractivity contribution in [2.24, 2.45) is 0 Å². The Hall–Kier alpha value is 0.1000. The summed E-state index contributed by atoms with van der Waals surface area (Å²) >= 11 is 5.24. The van der Waals surface area contributed by atoms with Crippen LogP contribution in [0.4, 0.5) is 0 Å². The second-order valence-electron chi connectivity index (χ2n) is 3.35. The fourth-order valence-electron chi connectivity index (χ4n) is 1.20. The molecule has 0 saturated heterocycles. The van der Waals surface area contributed by atoms with E-state index in [4.69, 9.17) is 4.74 Å². The van der Waals surface area contributed by atoms with Gasteiger partial charge < -0.3 is 10.1 Å². The molecule has 2 nitrogen and oxygen atoms in total. The molecule has 86 valence electrons. The molecule has 1 heterocycles. The van der Waals surface area contributed by atoms with Crippen LogP contribution in [0.2, 0.25) is 0 Å². The van der Waals surface area contributed by atoms with Crippen LogP contribution in [0.5, 0.6) is 0 Å². The fraction of sp³-hybridized carbons (Fsp3) is 0.636. The van der Waals surface area contributed by atoms with Gasteiger partial charge in [0, 0.05) is 24.6 Å². The highest BCUT2D eigenvalue weighted by Crippen LogP contribution is 2.21. The Bertz CT molecular complexity index is 265. The van der Waals surface area contributed by atoms with Gasteiger partial charge in [0.15, 0.2) is 0 Å². The maximum Gasteiger partial charge on any atom is 0.0701 e. The van der Waals surface area contributed by atoms with E-state index < -0.39 is 0 Å². The molecule has 0 unspecified atom stereocenters. The van der Waals surface area contributed by atoms with Crippen LogP contribution in [0.25, 0.3) is 0 Å². The molecule has 0 spiro atoms. The minimum Gasteiger partial charge on any atom is -0.381 e. The minimum atomic E-state index is 0.870. The first-order chi connectivity index (χ1) is 7.33. The molecule has 0 radical (unpaired) electrons. The normalized spacial score (nSPS) is 10.8. The Morgan fingerprint density at radius 1 is 1.40 bits per heavy atom. The third-order valence-electron chi connectivity index (χ3n) is 1.92. The largest absolute Gasteiger partial charge is 0.381 e. The first kappa shape index (κ1) is 13.2. The zero-order chi connectivity index (χ0) is 10.9. The van der Waals surface area contributed by atoms with Crippen molar-refractivity contribution >= 4 is 27.3 Å². The molecule has 0 aliphatic carbocycles. The molecular formula is C11H18BrNOS.